The molecular formula is C16H28O4. The van der Waals surface area contributed by atoms with Gasteiger partial charge in [-0.1, -0.05) is 38.3 Å². The van der Waals surface area contributed by atoms with Crippen molar-refractivity contribution in [2.45, 2.75) is 76.4 Å². The molecule has 1 saturated carbocycles. The summed E-state index contributed by atoms with van der Waals surface area (Å²) in [5.41, 5.74) is -1.08. The maximum atomic E-state index is 10.8. The normalized spacial score (nSPS) is 28.6. The third kappa shape index (κ3) is 6.53. The standard InChI is InChI=1S/C16H28O4/c1-2-3-4-7-14(17)9-8-13-6-5-10-16(20,11-13)12-15(18)19/h8-9,13-14,17,20H,2-7,10-12H2,1H3,(H,18,19)/b9-8+/t13-,14+,16+/m0/s1. The molecule has 1 fully saturated rings. The maximum absolute atomic E-state index is 10.8. The lowest BCUT2D eigenvalue weighted by Gasteiger charge is -2.34. The molecule has 0 aromatic carbocycles. The molecule has 0 aromatic heterocycles. The molecule has 0 aromatic rings. The first kappa shape index (κ1) is 17.2. The monoisotopic (exact) mass is 284 g/mol. The van der Waals surface area contributed by atoms with E-state index in [1.165, 1.54) is 0 Å². The SMILES string of the molecule is CCCCC[C@@H](O)/C=C/[C@@H]1CCC[C@](O)(CC(=O)O)C1. The van der Waals surface area contributed by atoms with Crippen molar-refractivity contribution in [1.29, 1.82) is 0 Å². The van der Waals surface area contributed by atoms with Crippen LogP contribution in [-0.2, 0) is 4.79 Å². The quantitative estimate of drug-likeness (QED) is 0.473. The highest BCUT2D eigenvalue weighted by molar-refractivity contribution is 5.68. The Morgan fingerprint density at radius 1 is 1.45 bits per heavy atom. The second-order valence-corrected chi connectivity index (χ2v) is 6.10. The minimum Gasteiger partial charge on any atom is -0.481 e. The van der Waals surface area contributed by atoms with Crippen molar-refractivity contribution in [3.63, 3.8) is 0 Å². The number of aliphatic hydroxyl groups is 2. The first-order valence-corrected chi connectivity index (χ1v) is 7.76. The predicted molar refractivity (Wildman–Crippen MR) is 78.4 cm³/mol. The van der Waals surface area contributed by atoms with Crippen LogP contribution in [0.3, 0.4) is 0 Å². The van der Waals surface area contributed by atoms with Gasteiger partial charge in [-0.2, -0.15) is 0 Å². The lowest BCUT2D eigenvalue weighted by molar-refractivity contribution is -0.144. The highest BCUT2D eigenvalue weighted by Gasteiger charge is 2.35. The molecule has 1 aliphatic carbocycles. The van der Waals surface area contributed by atoms with Crippen LogP contribution in [0.2, 0.25) is 0 Å². The summed E-state index contributed by atoms with van der Waals surface area (Å²) >= 11 is 0. The van der Waals surface area contributed by atoms with Gasteiger partial charge in [-0.05, 0) is 38.0 Å². The third-order valence-electron chi connectivity index (χ3n) is 4.05. The fraction of sp³-hybridized carbons (Fsp3) is 0.812. The minimum atomic E-state index is -1.08. The number of hydrogen-bond donors (Lipinski definition) is 3. The molecule has 0 spiro atoms. The van der Waals surface area contributed by atoms with Crippen molar-refractivity contribution >= 4 is 5.97 Å². The summed E-state index contributed by atoms with van der Waals surface area (Å²) in [4.78, 5) is 10.8. The van der Waals surface area contributed by atoms with Gasteiger partial charge in [0.25, 0.3) is 0 Å². The first-order chi connectivity index (χ1) is 9.45. The number of allylic oxidation sites excluding steroid dienone is 1. The van der Waals surface area contributed by atoms with Crippen molar-refractivity contribution < 1.29 is 20.1 Å². The van der Waals surface area contributed by atoms with E-state index in [0.29, 0.717) is 12.8 Å². The maximum Gasteiger partial charge on any atom is 0.306 e. The van der Waals surface area contributed by atoms with Crippen LogP contribution in [0.15, 0.2) is 12.2 Å². The third-order valence-corrected chi connectivity index (χ3v) is 4.05. The van der Waals surface area contributed by atoms with E-state index in [1.54, 1.807) is 0 Å². The highest BCUT2D eigenvalue weighted by atomic mass is 16.4. The zero-order valence-electron chi connectivity index (χ0n) is 12.4. The van der Waals surface area contributed by atoms with E-state index in [9.17, 15) is 15.0 Å². The van der Waals surface area contributed by atoms with Crippen LogP contribution in [0, 0.1) is 5.92 Å². The molecule has 3 N–H and O–H groups in total. The van der Waals surface area contributed by atoms with Gasteiger partial charge in [0, 0.05) is 0 Å². The molecular weight excluding hydrogens is 256 g/mol. The van der Waals surface area contributed by atoms with E-state index in [-0.39, 0.29) is 12.3 Å². The zero-order valence-corrected chi connectivity index (χ0v) is 12.4. The van der Waals surface area contributed by atoms with Crippen molar-refractivity contribution in [3.8, 4) is 0 Å². The molecule has 0 amide bonds. The molecule has 4 heteroatoms. The van der Waals surface area contributed by atoms with Crippen LogP contribution in [0.25, 0.3) is 0 Å². The number of rotatable bonds is 8. The molecule has 0 saturated heterocycles. The second-order valence-electron chi connectivity index (χ2n) is 6.10. The summed E-state index contributed by atoms with van der Waals surface area (Å²) in [6, 6.07) is 0. The fourth-order valence-corrected chi connectivity index (χ4v) is 2.98. The lowest BCUT2D eigenvalue weighted by Crippen LogP contribution is -2.37. The summed E-state index contributed by atoms with van der Waals surface area (Å²) in [6.07, 6.45) is 10.1. The van der Waals surface area contributed by atoms with Gasteiger partial charge in [0.1, 0.15) is 0 Å². The van der Waals surface area contributed by atoms with E-state index < -0.39 is 17.7 Å². The number of carbonyl (C=O) groups is 1. The van der Waals surface area contributed by atoms with Gasteiger partial charge in [-0.15, -0.1) is 0 Å². The van der Waals surface area contributed by atoms with Gasteiger partial charge in [-0.25, -0.2) is 0 Å². The van der Waals surface area contributed by atoms with Crippen LogP contribution >= 0.6 is 0 Å². The van der Waals surface area contributed by atoms with Crippen molar-refractivity contribution in [2.24, 2.45) is 5.92 Å². The molecule has 4 nitrogen and oxygen atoms in total. The van der Waals surface area contributed by atoms with E-state index in [4.69, 9.17) is 5.11 Å². The summed E-state index contributed by atoms with van der Waals surface area (Å²) in [5, 5.41) is 28.9. The van der Waals surface area contributed by atoms with E-state index in [2.05, 4.69) is 6.92 Å². The van der Waals surface area contributed by atoms with Gasteiger partial charge in [-0.3, -0.25) is 4.79 Å². The Kier molecular flexibility index (Phi) is 7.24. The van der Waals surface area contributed by atoms with Crippen LogP contribution in [0.5, 0.6) is 0 Å². The Balaban J connectivity index is 2.41. The van der Waals surface area contributed by atoms with Gasteiger partial charge in [0.2, 0.25) is 0 Å². The van der Waals surface area contributed by atoms with Gasteiger partial charge < -0.3 is 15.3 Å². The van der Waals surface area contributed by atoms with E-state index in [1.807, 2.05) is 12.2 Å². The number of carboxylic acids is 1. The number of unbranched alkanes of at least 4 members (excludes halogenated alkanes) is 2. The topological polar surface area (TPSA) is 77.8 Å². The van der Waals surface area contributed by atoms with Gasteiger partial charge in [0.15, 0.2) is 0 Å². The average Bonchev–Trinajstić information content (AvgIpc) is 2.35. The largest absolute Gasteiger partial charge is 0.481 e. The zero-order chi connectivity index (χ0) is 15.0. The highest BCUT2D eigenvalue weighted by Crippen LogP contribution is 2.35. The molecule has 0 bridgehead atoms. The smallest absolute Gasteiger partial charge is 0.306 e. The van der Waals surface area contributed by atoms with E-state index >= 15 is 0 Å². The Morgan fingerprint density at radius 3 is 2.85 bits per heavy atom. The molecule has 0 heterocycles. The Morgan fingerprint density at radius 2 is 2.20 bits per heavy atom. The molecule has 1 aliphatic rings. The number of aliphatic carboxylic acids is 1. The Labute approximate surface area is 121 Å². The van der Waals surface area contributed by atoms with Crippen molar-refractivity contribution in [3.05, 3.63) is 12.2 Å². The summed E-state index contributed by atoms with van der Waals surface area (Å²) in [7, 11) is 0. The van der Waals surface area contributed by atoms with Crippen LogP contribution in [-0.4, -0.2) is 33.0 Å². The number of aliphatic hydroxyl groups excluding tert-OH is 1. The summed E-state index contributed by atoms with van der Waals surface area (Å²) in [5.74, 6) is -0.773. The molecule has 3 atom stereocenters. The molecule has 0 radical (unpaired) electrons. The Hall–Kier alpha value is -0.870. The van der Waals surface area contributed by atoms with Crippen molar-refractivity contribution in [1.82, 2.24) is 0 Å². The van der Waals surface area contributed by atoms with Gasteiger partial charge >= 0.3 is 5.97 Å². The Bertz CT molecular complexity index is 326. The van der Waals surface area contributed by atoms with Crippen molar-refractivity contribution in [2.75, 3.05) is 0 Å². The number of carboxylic acid groups (broad SMARTS) is 1. The first-order valence-electron chi connectivity index (χ1n) is 7.76. The van der Waals surface area contributed by atoms with Crippen LogP contribution in [0.4, 0.5) is 0 Å². The molecule has 20 heavy (non-hydrogen) atoms. The fourth-order valence-electron chi connectivity index (χ4n) is 2.98. The lowest BCUT2D eigenvalue weighted by atomic mass is 9.76. The second kappa shape index (κ2) is 8.42. The molecule has 0 aliphatic heterocycles. The predicted octanol–water partition coefficient (Wildman–Crippen LogP) is 2.88. The van der Waals surface area contributed by atoms with Gasteiger partial charge in [0.05, 0.1) is 18.1 Å². The summed E-state index contributed by atoms with van der Waals surface area (Å²) < 4.78 is 0. The van der Waals surface area contributed by atoms with Crippen LogP contribution < -0.4 is 0 Å². The molecule has 1 rings (SSSR count). The number of hydrogen-bond acceptors (Lipinski definition) is 3. The summed E-state index contributed by atoms with van der Waals surface area (Å²) in [6.45, 7) is 2.13. The molecule has 0 unspecified atom stereocenters. The van der Waals surface area contributed by atoms with E-state index in [0.717, 1.165) is 38.5 Å². The molecule has 116 valence electrons. The minimum absolute atomic E-state index is 0.175. The average molecular weight is 284 g/mol. The van der Waals surface area contributed by atoms with Crippen LogP contribution in [0.1, 0.15) is 64.7 Å².